The third kappa shape index (κ3) is 34.0. The normalized spacial score (nSPS) is 13.2. The van der Waals surface area contributed by atoms with Crippen molar-refractivity contribution in [2.24, 2.45) is 0 Å². The molecule has 0 heterocycles. The van der Waals surface area contributed by atoms with Gasteiger partial charge in [-0.05, 0) is 32.1 Å². The van der Waals surface area contributed by atoms with E-state index < -0.39 is 12.1 Å². The number of carbonyl (C=O) groups excluding carboxylic acids is 1. The van der Waals surface area contributed by atoms with Gasteiger partial charge in [-0.1, -0.05) is 199 Å². The molecule has 45 heavy (non-hydrogen) atoms. The van der Waals surface area contributed by atoms with Gasteiger partial charge in [0.15, 0.2) is 0 Å². The molecule has 266 valence electrons. The lowest BCUT2D eigenvalue weighted by Crippen LogP contribution is -2.45. The lowest BCUT2D eigenvalue weighted by Gasteiger charge is -2.19. The monoisotopic (exact) mass is 634 g/mol. The van der Waals surface area contributed by atoms with E-state index in [1.54, 1.807) is 6.08 Å². The molecule has 4 nitrogen and oxygen atoms in total. The van der Waals surface area contributed by atoms with Gasteiger partial charge in [0, 0.05) is 6.42 Å². The van der Waals surface area contributed by atoms with Crippen LogP contribution in [0.15, 0.2) is 24.3 Å². The van der Waals surface area contributed by atoms with Crippen LogP contribution in [-0.2, 0) is 4.79 Å². The first-order valence-electron chi connectivity index (χ1n) is 20.1. The zero-order chi connectivity index (χ0) is 32.9. The van der Waals surface area contributed by atoms with E-state index in [1.807, 2.05) is 6.08 Å². The lowest BCUT2D eigenvalue weighted by molar-refractivity contribution is -0.123. The van der Waals surface area contributed by atoms with Crippen molar-refractivity contribution in [3.8, 4) is 0 Å². The molecule has 0 rings (SSSR count). The minimum atomic E-state index is -0.856. The maximum absolute atomic E-state index is 12.3. The van der Waals surface area contributed by atoms with E-state index in [1.165, 1.54) is 161 Å². The Morgan fingerprint density at radius 3 is 1.29 bits per heavy atom. The van der Waals surface area contributed by atoms with Gasteiger partial charge < -0.3 is 15.5 Å². The molecule has 0 aromatic heterocycles. The highest BCUT2D eigenvalue weighted by Gasteiger charge is 2.17. The standard InChI is InChI=1S/C41H79NO3/c1-3-5-7-9-11-13-15-17-19-21-23-25-27-29-31-33-35-37-41(45)42-39(38-43)40(44)36-34-32-30-28-26-24-22-20-18-16-14-12-10-8-6-4-2/h26,28,34,36,39-40,43-44H,3-25,27,29-33,35,37-38H2,1-2H3,(H,42,45)/b28-26+,36-34+/t39-,40+/m0/s1. The summed E-state index contributed by atoms with van der Waals surface area (Å²) in [5.41, 5.74) is 0. The Hall–Kier alpha value is -1.13. The highest BCUT2D eigenvalue weighted by molar-refractivity contribution is 5.76. The van der Waals surface area contributed by atoms with Gasteiger partial charge in [0.2, 0.25) is 5.91 Å². The van der Waals surface area contributed by atoms with Gasteiger partial charge in [0.25, 0.3) is 0 Å². The zero-order valence-corrected chi connectivity index (χ0v) is 30.4. The predicted molar refractivity (Wildman–Crippen MR) is 198 cm³/mol. The van der Waals surface area contributed by atoms with Crippen LogP contribution in [0.5, 0.6) is 0 Å². The molecule has 0 fully saturated rings. The van der Waals surface area contributed by atoms with Gasteiger partial charge >= 0.3 is 0 Å². The first-order valence-corrected chi connectivity index (χ1v) is 20.1. The molecule has 0 bridgehead atoms. The fourth-order valence-corrected chi connectivity index (χ4v) is 6.08. The molecule has 0 aliphatic carbocycles. The summed E-state index contributed by atoms with van der Waals surface area (Å²) in [7, 11) is 0. The van der Waals surface area contributed by atoms with Crippen LogP contribution in [-0.4, -0.2) is 34.9 Å². The van der Waals surface area contributed by atoms with Crippen LogP contribution in [0.1, 0.15) is 213 Å². The summed E-state index contributed by atoms with van der Waals surface area (Å²) in [6.07, 6.45) is 47.0. The van der Waals surface area contributed by atoms with Crippen molar-refractivity contribution in [3.63, 3.8) is 0 Å². The average Bonchev–Trinajstić information content (AvgIpc) is 3.04. The van der Waals surface area contributed by atoms with E-state index >= 15 is 0 Å². The average molecular weight is 634 g/mol. The lowest BCUT2D eigenvalue weighted by atomic mass is 10.0. The summed E-state index contributed by atoms with van der Waals surface area (Å²) in [5, 5.41) is 22.9. The highest BCUT2D eigenvalue weighted by atomic mass is 16.3. The number of unbranched alkanes of at least 4 members (excludes halogenated alkanes) is 27. The summed E-state index contributed by atoms with van der Waals surface area (Å²) in [5.74, 6) is -0.0719. The van der Waals surface area contributed by atoms with Crippen molar-refractivity contribution in [2.45, 2.75) is 225 Å². The van der Waals surface area contributed by atoms with Crippen LogP contribution < -0.4 is 5.32 Å². The van der Waals surface area contributed by atoms with E-state index in [9.17, 15) is 15.0 Å². The highest BCUT2D eigenvalue weighted by Crippen LogP contribution is 2.15. The van der Waals surface area contributed by atoms with Crippen molar-refractivity contribution in [1.29, 1.82) is 0 Å². The topological polar surface area (TPSA) is 69.6 Å². The van der Waals surface area contributed by atoms with E-state index in [4.69, 9.17) is 0 Å². The second kappa shape index (κ2) is 37.3. The molecule has 0 aromatic carbocycles. The Morgan fingerprint density at radius 2 is 0.867 bits per heavy atom. The second-order valence-electron chi connectivity index (χ2n) is 13.7. The number of hydrogen-bond acceptors (Lipinski definition) is 3. The van der Waals surface area contributed by atoms with Gasteiger partial charge in [-0.2, -0.15) is 0 Å². The summed E-state index contributed by atoms with van der Waals surface area (Å²) in [6.45, 7) is 4.30. The van der Waals surface area contributed by atoms with Crippen LogP contribution in [0, 0.1) is 0 Å². The molecular weight excluding hydrogens is 554 g/mol. The number of aliphatic hydroxyl groups excluding tert-OH is 2. The Morgan fingerprint density at radius 1 is 0.511 bits per heavy atom. The first kappa shape index (κ1) is 43.9. The minimum absolute atomic E-state index is 0.0719. The molecular formula is C41H79NO3. The quantitative estimate of drug-likeness (QED) is 0.0475. The Labute approximate surface area is 281 Å². The third-order valence-electron chi connectivity index (χ3n) is 9.19. The number of hydrogen-bond donors (Lipinski definition) is 3. The zero-order valence-electron chi connectivity index (χ0n) is 30.4. The molecule has 4 heteroatoms. The third-order valence-corrected chi connectivity index (χ3v) is 9.19. The van der Waals surface area contributed by atoms with Crippen LogP contribution in [0.3, 0.4) is 0 Å². The molecule has 0 aliphatic rings. The molecule has 1 amide bonds. The Balaban J connectivity index is 3.61. The van der Waals surface area contributed by atoms with E-state index in [0.29, 0.717) is 6.42 Å². The molecule has 0 saturated heterocycles. The van der Waals surface area contributed by atoms with Crippen molar-refractivity contribution in [1.82, 2.24) is 5.32 Å². The van der Waals surface area contributed by atoms with Crippen LogP contribution >= 0.6 is 0 Å². The number of carbonyl (C=O) groups is 1. The largest absolute Gasteiger partial charge is 0.394 e. The Bertz CT molecular complexity index is 647. The SMILES string of the molecule is CCCCCCCCCCCC/C=C/CC/C=C/[C@@H](O)[C@H](CO)NC(=O)CCCCCCCCCCCCCCCCCCC. The Kier molecular flexibility index (Phi) is 36.4. The van der Waals surface area contributed by atoms with Crippen LogP contribution in [0.25, 0.3) is 0 Å². The van der Waals surface area contributed by atoms with Gasteiger partial charge in [-0.3, -0.25) is 4.79 Å². The summed E-state index contributed by atoms with van der Waals surface area (Å²) < 4.78 is 0. The first-order chi connectivity index (χ1) is 22.2. The van der Waals surface area contributed by atoms with Crippen molar-refractivity contribution in [3.05, 3.63) is 24.3 Å². The second-order valence-corrected chi connectivity index (χ2v) is 13.7. The number of nitrogens with one attached hydrogen (secondary N) is 1. The van der Waals surface area contributed by atoms with Crippen molar-refractivity contribution >= 4 is 5.91 Å². The van der Waals surface area contributed by atoms with Gasteiger partial charge in [0.1, 0.15) is 0 Å². The molecule has 0 aromatic rings. The number of rotatable bonds is 36. The maximum Gasteiger partial charge on any atom is 0.220 e. The smallest absolute Gasteiger partial charge is 0.220 e. The van der Waals surface area contributed by atoms with Gasteiger partial charge in [-0.25, -0.2) is 0 Å². The van der Waals surface area contributed by atoms with Crippen LogP contribution in [0.4, 0.5) is 0 Å². The van der Waals surface area contributed by atoms with E-state index in [-0.39, 0.29) is 12.5 Å². The summed E-state index contributed by atoms with van der Waals surface area (Å²) in [4.78, 5) is 12.3. The number of amides is 1. The summed E-state index contributed by atoms with van der Waals surface area (Å²) in [6, 6.07) is -0.633. The van der Waals surface area contributed by atoms with E-state index in [2.05, 4.69) is 31.3 Å². The molecule has 0 radical (unpaired) electrons. The molecule has 3 N–H and O–H groups in total. The van der Waals surface area contributed by atoms with Crippen LogP contribution in [0.2, 0.25) is 0 Å². The van der Waals surface area contributed by atoms with Crippen molar-refractivity contribution < 1.29 is 15.0 Å². The fourth-order valence-electron chi connectivity index (χ4n) is 6.08. The number of aliphatic hydroxyl groups is 2. The fraction of sp³-hybridized carbons (Fsp3) is 0.878. The number of allylic oxidation sites excluding steroid dienone is 3. The van der Waals surface area contributed by atoms with Gasteiger partial charge in [0.05, 0.1) is 18.8 Å². The van der Waals surface area contributed by atoms with Gasteiger partial charge in [-0.15, -0.1) is 0 Å². The molecule has 0 unspecified atom stereocenters. The van der Waals surface area contributed by atoms with E-state index in [0.717, 1.165) is 32.1 Å². The maximum atomic E-state index is 12.3. The molecule has 0 aliphatic heterocycles. The van der Waals surface area contributed by atoms with Crippen molar-refractivity contribution in [2.75, 3.05) is 6.61 Å². The summed E-state index contributed by atoms with van der Waals surface area (Å²) >= 11 is 0. The molecule has 0 spiro atoms. The molecule has 0 saturated carbocycles. The minimum Gasteiger partial charge on any atom is -0.394 e. The molecule has 2 atom stereocenters. The predicted octanol–water partition coefficient (Wildman–Crippen LogP) is 12.1.